The minimum Gasteiger partial charge on any atom is -0.497 e. The molecule has 0 N–H and O–H groups in total. The summed E-state index contributed by atoms with van der Waals surface area (Å²) >= 11 is 0. The highest BCUT2D eigenvalue weighted by molar-refractivity contribution is 6.12. The van der Waals surface area contributed by atoms with Gasteiger partial charge in [0.15, 0.2) is 17.3 Å². The van der Waals surface area contributed by atoms with Crippen molar-refractivity contribution in [1.82, 2.24) is 0 Å². The molecule has 28 heavy (non-hydrogen) atoms. The first kappa shape index (κ1) is 18.6. The van der Waals surface area contributed by atoms with Crippen LogP contribution in [0.3, 0.4) is 0 Å². The number of rotatable bonds is 4. The molecule has 0 aromatic heterocycles. The van der Waals surface area contributed by atoms with Crippen molar-refractivity contribution in [2.75, 3.05) is 21.3 Å². The van der Waals surface area contributed by atoms with Crippen molar-refractivity contribution >= 4 is 5.78 Å². The van der Waals surface area contributed by atoms with Gasteiger partial charge >= 0.3 is 0 Å². The van der Waals surface area contributed by atoms with Crippen LogP contribution in [-0.4, -0.2) is 27.1 Å². The minimum atomic E-state index is 0.132. The molecule has 0 heterocycles. The van der Waals surface area contributed by atoms with Crippen molar-refractivity contribution < 1.29 is 19.0 Å². The molecule has 0 spiro atoms. The summed E-state index contributed by atoms with van der Waals surface area (Å²) in [7, 11) is 4.95. The zero-order valence-electron chi connectivity index (χ0n) is 16.8. The maximum absolute atomic E-state index is 13.2. The summed E-state index contributed by atoms with van der Waals surface area (Å²) < 4.78 is 16.4. The van der Waals surface area contributed by atoms with Crippen molar-refractivity contribution in [2.24, 2.45) is 5.92 Å². The Morgan fingerprint density at radius 1 is 0.929 bits per heavy atom. The number of hydrogen-bond donors (Lipinski definition) is 0. The Hall–Kier alpha value is -2.75. The molecule has 2 aromatic rings. The van der Waals surface area contributed by atoms with Gasteiger partial charge in [0.25, 0.3) is 0 Å². The van der Waals surface area contributed by atoms with Crippen LogP contribution in [0.2, 0.25) is 0 Å². The van der Waals surface area contributed by atoms with Gasteiger partial charge < -0.3 is 14.2 Å². The molecule has 4 heteroatoms. The standard InChI is InChI=1S/C24H26O4/c1-14-20-13-16(15-5-8-17(26-2)9-6-15)7-10-18(20)23(25)19-11-12-21(27-3)24(28-4)22(14)19/h5-6,8-12,14,16,20H,7,13H2,1-4H3/t14-,16+,20+/m1/s1. The second kappa shape index (κ2) is 7.34. The Kier molecular flexibility index (Phi) is 4.88. The highest BCUT2D eigenvalue weighted by atomic mass is 16.5. The molecule has 0 aliphatic heterocycles. The number of carbonyl (C=O) groups is 1. The molecule has 2 aliphatic carbocycles. The number of fused-ring (bicyclic) bond motifs is 2. The summed E-state index contributed by atoms with van der Waals surface area (Å²) in [5.74, 6) is 3.12. The predicted octanol–water partition coefficient (Wildman–Crippen LogP) is 5.13. The van der Waals surface area contributed by atoms with E-state index in [0.717, 1.165) is 35.3 Å². The molecule has 0 bridgehead atoms. The van der Waals surface area contributed by atoms with Gasteiger partial charge in [-0.1, -0.05) is 25.1 Å². The first-order valence-electron chi connectivity index (χ1n) is 9.72. The zero-order valence-corrected chi connectivity index (χ0v) is 16.8. The molecular weight excluding hydrogens is 352 g/mol. The van der Waals surface area contributed by atoms with Crippen molar-refractivity contribution in [3.8, 4) is 17.2 Å². The minimum absolute atomic E-state index is 0.132. The molecule has 0 fully saturated rings. The molecule has 3 atom stereocenters. The van der Waals surface area contributed by atoms with Crippen LogP contribution in [-0.2, 0) is 0 Å². The Morgan fingerprint density at radius 2 is 1.68 bits per heavy atom. The number of benzene rings is 2. The maximum Gasteiger partial charge on any atom is 0.189 e. The molecule has 0 saturated heterocycles. The first-order valence-corrected chi connectivity index (χ1v) is 9.72. The third-order valence-electron chi connectivity index (χ3n) is 6.30. The predicted molar refractivity (Wildman–Crippen MR) is 109 cm³/mol. The quantitative estimate of drug-likeness (QED) is 0.740. The maximum atomic E-state index is 13.2. The highest BCUT2D eigenvalue weighted by Crippen LogP contribution is 2.51. The number of ketones is 1. The fourth-order valence-corrected chi connectivity index (χ4v) is 4.79. The van der Waals surface area contributed by atoms with Gasteiger partial charge in [0, 0.05) is 11.1 Å². The summed E-state index contributed by atoms with van der Waals surface area (Å²) in [6, 6.07) is 12.0. The molecule has 0 saturated carbocycles. The normalized spacial score (nSPS) is 23.4. The summed E-state index contributed by atoms with van der Waals surface area (Å²) in [6.45, 7) is 2.20. The van der Waals surface area contributed by atoms with Crippen molar-refractivity contribution in [3.05, 3.63) is 64.7 Å². The van der Waals surface area contributed by atoms with E-state index in [9.17, 15) is 4.79 Å². The average Bonchev–Trinajstić information content (AvgIpc) is 2.76. The smallest absolute Gasteiger partial charge is 0.189 e. The number of allylic oxidation sites excluding steroid dienone is 2. The number of hydrogen-bond acceptors (Lipinski definition) is 4. The summed E-state index contributed by atoms with van der Waals surface area (Å²) in [5.41, 5.74) is 3.97. The summed E-state index contributed by atoms with van der Waals surface area (Å²) in [4.78, 5) is 13.2. The third kappa shape index (κ3) is 2.88. The van der Waals surface area contributed by atoms with Crippen LogP contribution in [0.1, 0.15) is 53.1 Å². The van der Waals surface area contributed by atoms with Crippen LogP contribution in [0.4, 0.5) is 0 Å². The van der Waals surface area contributed by atoms with Crippen LogP contribution in [0, 0.1) is 5.92 Å². The van der Waals surface area contributed by atoms with Crippen LogP contribution < -0.4 is 14.2 Å². The molecule has 4 nitrogen and oxygen atoms in total. The van der Waals surface area contributed by atoms with E-state index >= 15 is 0 Å². The van der Waals surface area contributed by atoms with E-state index in [0.29, 0.717) is 17.4 Å². The second-order valence-corrected chi connectivity index (χ2v) is 7.59. The van der Waals surface area contributed by atoms with Crippen molar-refractivity contribution in [1.29, 1.82) is 0 Å². The molecule has 146 valence electrons. The zero-order chi connectivity index (χ0) is 19.8. The van der Waals surface area contributed by atoms with Gasteiger partial charge in [0.1, 0.15) is 5.75 Å². The molecule has 2 aliphatic rings. The first-order chi connectivity index (χ1) is 13.6. The lowest BCUT2D eigenvalue weighted by Gasteiger charge is -2.38. The van der Waals surface area contributed by atoms with E-state index in [1.165, 1.54) is 5.56 Å². The monoisotopic (exact) mass is 378 g/mol. The van der Waals surface area contributed by atoms with Crippen molar-refractivity contribution in [3.63, 3.8) is 0 Å². The largest absolute Gasteiger partial charge is 0.497 e. The van der Waals surface area contributed by atoms with Gasteiger partial charge in [0.2, 0.25) is 0 Å². The molecule has 0 radical (unpaired) electrons. The number of ether oxygens (including phenoxy) is 3. The number of carbonyl (C=O) groups excluding carboxylic acids is 1. The molecule has 4 rings (SSSR count). The highest BCUT2D eigenvalue weighted by Gasteiger charge is 2.41. The van der Waals surface area contributed by atoms with Gasteiger partial charge in [-0.15, -0.1) is 0 Å². The van der Waals surface area contributed by atoms with E-state index in [2.05, 4.69) is 25.1 Å². The fourth-order valence-electron chi connectivity index (χ4n) is 4.79. The second-order valence-electron chi connectivity index (χ2n) is 7.59. The van der Waals surface area contributed by atoms with Crippen LogP contribution in [0.25, 0.3) is 0 Å². The van der Waals surface area contributed by atoms with Crippen LogP contribution in [0.5, 0.6) is 17.2 Å². The number of Topliss-reactive ketones (excluding diaryl/α,β-unsaturated/α-hetero) is 1. The van der Waals surface area contributed by atoms with E-state index in [4.69, 9.17) is 14.2 Å². The summed E-state index contributed by atoms with van der Waals surface area (Å²) in [6.07, 6.45) is 3.99. The lowest BCUT2D eigenvalue weighted by molar-refractivity contribution is 0.0997. The van der Waals surface area contributed by atoms with Gasteiger partial charge in [-0.3, -0.25) is 4.79 Å². The SMILES string of the molecule is COc1ccc([C@H]2CC=C3C(=O)c4ccc(OC)c(OC)c4[C@H](C)[C@@H]3C2)cc1. The summed E-state index contributed by atoms with van der Waals surface area (Å²) in [5, 5.41) is 0. The van der Waals surface area contributed by atoms with Crippen molar-refractivity contribution in [2.45, 2.75) is 31.6 Å². The molecule has 0 unspecified atom stereocenters. The van der Waals surface area contributed by atoms with E-state index in [1.54, 1.807) is 21.3 Å². The molecule has 0 amide bonds. The van der Waals surface area contributed by atoms with Gasteiger partial charge in [-0.05, 0) is 66.0 Å². The Morgan fingerprint density at radius 3 is 2.32 bits per heavy atom. The Labute approximate surface area is 166 Å². The Balaban J connectivity index is 1.72. The lowest BCUT2D eigenvalue weighted by atomic mass is 9.65. The van der Waals surface area contributed by atoms with E-state index in [1.807, 2.05) is 24.3 Å². The lowest BCUT2D eigenvalue weighted by Crippen LogP contribution is -2.31. The van der Waals surface area contributed by atoms with Gasteiger partial charge in [-0.2, -0.15) is 0 Å². The van der Waals surface area contributed by atoms with Crippen LogP contribution in [0.15, 0.2) is 48.0 Å². The van der Waals surface area contributed by atoms with E-state index < -0.39 is 0 Å². The Bertz CT molecular complexity index is 926. The molecular formula is C24H26O4. The van der Waals surface area contributed by atoms with Gasteiger partial charge in [0.05, 0.1) is 21.3 Å². The van der Waals surface area contributed by atoms with Crippen LogP contribution >= 0.6 is 0 Å². The topological polar surface area (TPSA) is 44.8 Å². The molecule has 2 aromatic carbocycles. The fraction of sp³-hybridized carbons (Fsp3) is 0.375. The van der Waals surface area contributed by atoms with Gasteiger partial charge in [-0.25, -0.2) is 0 Å². The average molecular weight is 378 g/mol. The van der Waals surface area contributed by atoms with E-state index in [-0.39, 0.29) is 17.6 Å². The number of methoxy groups -OCH3 is 3. The third-order valence-corrected chi connectivity index (χ3v) is 6.30.